The van der Waals surface area contributed by atoms with Gasteiger partial charge in [-0.1, -0.05) is 20.3 Å². The minimum atomic E-state index is 0.942. The molecule has 0 nitrogen and oxygen atoms in total. The minimum Gasteiger partial charge on any atom is -0.161 e. The van der Waals surface area contributed by atoms with Crippen LogP contribution in [0.1, 0.15) is 39.5 Å². The average Bonchev–Trinajstić information content (AvgIpc) is 2.24. The van der Waals surface area contributed by atoms with E-state index in [1.54, 1.807) is 0 Å². The van der Waals surface area contributed by atoms with Crippen molar-refractivity contribution >= 4 is 23.5 Å². The van der Waals surface area contributed by atoms with Gasteiger partial charge in [-0.3, -0.25) is 0 Å². The van der Waals surface area contributed by atoms with Crippen LogP contribution in [0.15, 0.2) is 0 Å². The molecule has 0 aromatic rings. The summed E-state index contributed by atoms with van der Waals surface area (Å²) in [4.78, 5) is 0. The van der Waals surface area contributed by atoms with E-state index in [9.17, 15) is 0 Å². The van der Waals surface area contributed by atoms with Gasteiger partial charge in [0.15, 0.2) is 0 Å². The molecule has 0 radical (unpaired) electrons. The maximum Gasteiger partial charge on any atom is -0.00362 e. The zero-order chi connectivity index (χ0) is 11.4. The molecule has 94 valence electrons. The summed E-state index contributed by atoms with van der Waals surface area (Å²) in [7, 11) is 0. The zero-order valence-corrected chi connectivity index (χ0v) is 12.4. The predicted molar refractivity (Wildman–Crippen MR) is 78.4 cm³/mol. The summed E-state index contributed by atoms with van der Waals surface area (Å²) < 4.78 is 0. The third-order valence-electron chi connectivity index (χ3n) is 4.20. The second-order valence-electron chi connectivity index (χ2n) is 5.95. The van der Waals surface area contributed by atoms with Crippen LogP contribution in [-0.4, -0.2) is 23.0 Å². The van der Waals surface area contributed by atoms with Gasteiger partial charge in [0, 0.05) is 0 Å². The summed E-state index contributed by atoms with van der Waals surface area (Å²) in [6, 6.07) is 0. The maximum atomic E-state index is 2.49. The van der Waals surface area contributed by atoms with E-state index in [0.29, 0.717) is 0 Å². The normalized spacial score (nSPS) is 42.4. The molecule has 0 amide bonds. The standard InChI is InChI=1S/C14H26S2/c1-11-6-13-4-3-5-14(10-16-9-13)12(2)8-15-7-11/h11-14H,3-10H2,1-2H3. The van der Waals surface area contributed by atoms with Crippen LogP contribution in [0, 0.1) is 23.7 Å². The fourth-order valence-electron chi connectivity index (χ4n) is 3.08. The van der Waals surface area contributed by atoms with Crippen LogP contribution in [0.2, 0.25) is 0 Å². The molecule has 4 atom stereocenters. The van der Waals surface area contributed by atoms with Gasteiger partial charge < -0.3 is 0 Å². The van der Waals surface area contributed by atoms with Crippen molar-refractivity contribution in [2.24, 2.45) is 23.7 Å². The highest BCUT2D eigenvalue weighted by Gasteiger charge is 2.24. The van der Waals surface area contributed by atoms with Gasteiger partial charge in [-0.05, 0) is 65.9 Å². The lowest BCUT2D eigenvalue weighted by Crippen LogP contribution is -2.20. The Balaban J connectivity index is 2.01. The molecule has 3 rings (SSSR count). The summed E-state index contributed by atoms with van der Waals surface area (Å²) in [5.41, 5.74) is 0. The predicted octanol–water partition coefficient (Wildman–Crippen LogP) is 4.55. The molecule has 2 bridgehead atoms. The number of hydrogen-bond donors (Lipinski definition) is 0. The monoisotopic (exact) mass is 258 g/mol. The first kappa shape index (κ1) is 13.1. The molecular formula is C14H26S2. The lowest BCUT2D eigenvalue weighted by atomic mass is 9.88. The molecule has 3 aliphatic heterocycles. The topological polar surface area (TPSA) is 0 Å². The van der Waals surface area contributed by atoms with Gasteiger partial charge in [0.25, 0.3) is 0 Å². The Hall–Kier alpha value is 0.700. The van der Waals surface area contributed by atoms with Gasteiger partial charge in [-0.2, -0.15) is 23.5 Å². The highest BCUT2D eigenvalue weighted by molar-refractivity contribution is 7.99. The van der Waals surface area contributed by atoms with Crippen molar-refractivity contribution in [1.82, 2.24) is 0 Å². The SMILES string of the molecule is CC1CSCC(C)C2CCCC(CSC2)C1. The Morgan fingerprint density at radius 1 is 0.875 bits per heavy atom. The van der Waals surface area contributed by atoms with Crippen LogP contribution < -0.4 is 0 Å². The zero-order valence-electron chi connectivity index (χ0n) is 10.8. The third-order valence-corrected chi connectivity index (χ3v) is 7.13. The fourth-order valence-corrected chi connectivity index (χ4v) is 5.97. The molecule has 4 unspecified atom stereocenters. The number of thioether (sulfide) groups is 2. The Labute approximate surface area is 110 Å². The van der Waals surface area contributed by atoms with Gasteiger partial charge in [-0.15, -0.1) is 0 Å². The minimum absolute atomic E-state index is 0.942. The van der Waals surface area contributed by atoms with Crippen LogP contribution in [0.5, 0.6) is 0 Å². The van der Waals surface area contributed by atoms with E-state index in [4.69, 9.17) is 0 Å². The highest BCUT2D eigenvalue weighted by Crippen LogP contribution is 2.35. The van der Waals surface area contributed by atoms with Crippen LogP contribution in [0.3, 0.4) is 0 Å². The molecule has 3 fully saturated rings. The van der Waals surface area contributed by atoms with Crippen LogP contribution in [-0.2, 0) is 0 Å². The molecule has 0 N–H and O–H groups in total. The van der Waals surface area contributed by atoms with Crippen LogP contribution in [0.25, 0.3) is 0 Å². The first-order valence-electron chi connectivity index (χ1n) is 6.91. The Morgan fingerprint density at radius 2 is 1.69 bits per heavy atom. The van der Waals surface area contributed by atoms with E-state index < -0.39 is 0 Å². The Bertz CT molecular complexity index is 195. The Morgan fingerprint density at radius 3 is 2.56 bits per heavy atom. The molecule has 0 saturated carbocycles. The average molecular weight is 258 g/mol. The van der Waals surface area contributed by atoms with E-state index in [2.05, 4.69) is 37.4 Å². The summed E-state index contributed by atoms with van der Waals surface area (Å²) in [5.74, 6) is 9.60. The lowest BCUT2D eigenvalue weighted by Gasteiger charge is -2.27. The smallest absolute Gasteiger partial charge is 0.00362 e. The molecule has 3 aliphatic rings. The second kappa shape index (κ2) is 6.58. The highest BCUT2D eigenvalue weighted by atomic mass is 32.2. The third kappa shape index (κ3) is 3.87. The fraction of sp³-hybridized carbons (Fsp3) is 1.00. The first-order valence-corrected chi connectivity index (χ1v) is 9.22. The van der Waals surface area contributed by atoms with E-state index >= 15 is 0 Å². The Kier molecular flexibility index (Phi) is 5.41. The van der Waals surface area contributed by atoms with Gasteiger partial charge >= 0.3 is 0 Å². The second-order valence-corrected chi connectivity index (χ2v) is 8.10. The van der Waals surface area contributed by atoms with Crippen LogP contribution >= 0.6 is 23.5 Å². The van der Waals surface area contributed by atoms with Crippen molar-refractivity contribution in [1.29, 1.82) is 0 Å². The van der Waals surface area contributed by atoms with Crippen molar-refractivity contribution < 1.29 is 0 Å². The molecule has 0 aliphatic carbocycles. The van der Waals surface area contributed by atoms with Crippen molar-refractivity contribution in [2.45, 2.75) is 39.5 Å². The number of fused-ring (bicyclic) bond motifs is 9. The summed E-state index contributed by atoms with van der Waals surface area (Å²) in [6.07, 6.45) is 5.99. The summed E-state index contributed by atoms with van der Waals surface area (Å²) in [5, 5.41) is 0. The molecule has 0 aromatic heterocycles. The molecule has 3 heterocycles. The van der Waals surface area contributed by atoms with E-state index in [-0.39, 0.29) is 0 Å². The van der Waals surface area contributed by atoms with Crippen molar-refractivity contribution in [2.75, 3.05) is 23.0 Å². The van der Waals surface area contributed by atoms with Gasteiger partial charge in [0.2, 0.25) is 0 Å². The maximum absolute atomic E-state index is 2.49. The van der Waals surface area contributed by atoms with Crippen LogP contribution in [0.4, 0.5) is 0 Å². The summed E-state index contributed by atoms with van der Waals surface area (Å²) >= 11 is 4.47. The lowest BCUT2D eigenvalue weighted by molar-refractivity contribution is 0.350. The van der Waals surface area contributed by atoms with E-state index in [1.165, 1.54) is 48.7 Å². The molecule has 2 heteroatoms. The molecule has 0 spiro atoms. The van der Waals surface area contributed by atoms with Crippen molar-refractivity contribution in [3.63, 3.8) is 0 Å². The largest absolute Gasteiger partial charge is 0.161 e. The van der Waals surface area contributed by atoms with E-state index in [1.807, 2.05) is 0 Å². The molecule has 3 saturated heterocycles. The van der Waals surface area contributed by atoms with Crippen molar-refractivity contribution in [3.8, 4) is 0 Å². The first-order chi connectivity index (χ1) is 7.75. The summed E-state index contributed by atoms with van der Waals surface area (Å²) in [6.45, 7) is 4.95. The van der Waals surface area contributed by atoms with Crippen molar-refractivity contribution in [3.05, 3.63) is 0 Å². The molecular weight excluding hydrogens is 232 g/mol. The number of hydrogen-bond acceptors (Lipinski definition) is 2. The number of rotatable bonds is 0. The quantitative estimate of drug-likeness (QED) is 0.625. The molecule has 16 heavy (non-hydrogen) atoms. The molecule has 0 aromatic carbocycles. The van der Waals surface area contributed by atoms with Gasteiger partial charge in [0.05, 0.1) is 0 Å². The van der Waals surface area contributed by atoms with E-state index in [0.717, 1.165) is 23.7 Å². The van der Waals surface area contributed by atoms with Gasteiger partial charge in [0.1, 0.15) is 0 Å². The van der Waals surface area contributed by atoms with Gasteiger partial charge in [-0.25, -0.2) is 0 Å².